The molecule has 2 nitrogen and oxygen atoms in total. The van der Waals surface area contributed by atoms with Gasteiger partial charge < -0.3 is 9.80 Å². The fourth-order valence-electron chi connectivity index (χ4n) is 8.42. The fraction of sp³-hybridized carbons (Fsp3) is 0.0909. The molecular weight excluding hydrogens is 717 g/mol. The minimum atomic E-state index is -1.45. The van der Waals surface area contributed by atoms with E-state index in [1.807, 2.05) is 0 Å². The second-order valence-electron chi connectivity index (χ2n) is 16.4. The summed E-state index contributed by atoms with van der Waals surface area (Å²) in [6.07, 6.45) is 0. The van der Waals surface area contributed by atoms with Crippen LogP contribution in [0.3, 0.4) is 0 Å². The Balaban J connectivity index is 1.25. The molecule has 0 spiro atoms. The van der Waals surface area contributed by atoms with Crippen molar-refractivity contribution >= 4 is 68.9 Å². The topological polar surface area (TPSA) is 6.48 Å². The molecule has 0 fully saturated rings. The lowest BCUT2D eigenvalue weighted by molar-refractivity contribution is 1.28. The van der Waals surface area contributed by atoms with Crippen LogP contribution in [0.1, 0.15) is 11.1 Å². The van der Waals surface area contributed by atoms with E-state index in [-0.39, 0.29) is 0 Å². The van der Waals surface area contributed by atoms with E-state index >= 15 is 0 Å². The molecule has 0 bridgehead atoms. The second-order valence-corrected chi connectivity index (χ2v) is 21.5. The predicted molar refractivity (Wildman–Crippen MR) is 254 cm³/mol. The van der Waals surface area contributed by atoms with Crippen LogP contribution in [0.2, 0.25) is 19.6 Å². The van der Waals surface area contributed by atoms with Crippen LogP contribution in [0.25, 0.3) is 43.8 Å². The third-order valence-corrected chi connectivity index (χ3v) is 13.3. The van der Waals surface area contributed by atoms with Crippen LogP contribution in [-0.4, -0.2) is 8.07 Å². The molecular formula is C55H48N2Si. The minimum Gasteiger partial charge on any atom is -0.310 e. The van der Waals surface area contributed by atoms with Gasteiger partial charge in [-0.1, -0.05) is 163 Å². The minimum absolute atomic E-state index is 1.12. The Morgan fingerprint density at radius 1 is 0.310 bits per heavy atom. The average molecular weight is 765 g/mol. The Bertz CT molecular complexity index is 2840. The van der Waals surface area contributed by atoms with E-state index in [1.165, 1.54) is 60.1 Å². The summed E-state index contributed by atoms with van der Waals surface area (Å²) in [6, 6.07) is 73.5. The standard InChI is InChI=1S/C55H48N2Si/c1-39-28-34-51-52(35-39)54(41-17-15-25-47(37-41)56(43-19-9-6-10-20-43)44-21-11-7-12-22-44)50-33-27-40(2)36-53(50)55(51)42-18-16-26-48(38-42)57(45-23-13-8-14-24-45)46-29-31-49(32-30-46)58(3,4)5/h6-38H,1-5H3. The van der Waals surface area contributed by atoms with Crippen LogP contribution in [-0.2, 0) is 0 Å². The number of hydrogen-bond donors (Lipinski definition) is 0. The summed E-state index contributed by atoms with van der Waals surface area (Å²) in [4.78, 5) is 4.74. The highest BCUT2D eigenvalue weighted by Gasteiger charge is 2.22. The molecule has 282 valence electrons. The summed E-state index contributed by atoms with van der Waals surface area (Å²) in [5.74, 6) is 0. The van der Waals surface area contributed by atoms with Gasteiger partial charge in [0, 0.05) is 34.1 Å². The smallest absolute Gasteiger partial charge is 0.0775 e. The van der Waals surface area contributed by atoms with Crippen LogP contribution in [0.5, 0.6) is 0 Å². The van der Waals surface area contributed by atoms with Gasteiger partial charge in [0.2, 0.25) is 0 Å². The summed E-state index contributed by atoms with van der Waals surface area (Å²) in [6.45, 7) is 11.6. The maximum atomic E-state index is 2.41. The quantitative estimate of drug-likeness (QED) is 0.107. The van der Waals surface area contributed by atoms with E-state index in [1.54, 1.807) is 0 Å². The summed E-state index contributed by atoms with van der Waals surface area (Å²) < 4.78 is 0. The molecule has 0 radical (unpaired) electrons. The van der Waals surface area contributed by atoms with Gasteiger partial charge in [-0.15, -0.1) is 0 Å². The van der Waals surface area contributed by atoms with Gasteiger partial charge in [-0.3, -0.25) is 0 Å². The zero-order valence-corrected chi connectivity index (χ0v) is 34.9. The van der Waals surface area contributed by atoms with Crippen LogP contribution in [0, 0.1) is 13.8 Å². The molecule has 58 heavy (non-hydrogen) atoms. The normalized spacial score (nSPS) is 11.5. The molecule has 0 aliphatic carbocycles. The third-order valence-electron chi connectivity index (χ3n) is 11.2. The van der Waals surface area contributed by atoms with E-state index in [0.717, 1.165) is 34.1 Å². The Kier molecular flexibility index (Phi) is 9.77. The molecule has 9 rings (SSSR count). The molecule has 0 aliphatic heterocycles. The van der Waals surface area contributed by atoms with Gasteiger partial charge in [0.05, 0.1) is 8.07 Å². The van der Waals surface area contributed by atoms with Gasteiger partial charge in [0.25, 0.3) is 0 Å². The lowest BCUT2D eigenvalue weighted by Crippen LogP contribution is -2.37. The van der Waals surface area contributed by atoms with E-state index in [9.17, 15) is 0 Å². The molecule has 0 aromatic heterocycles. The molecule has 0 heterocycles. The first kappa shape index (κ1) is 36.9. The van der Waals surface area contributed by atoms with Gasteiger partial charge in [-0.2, -0.15) is 0 Å². The molecule has 0 saturated heterocycles. The molecule has 0 amide bonds. The zero-order chi connectivity index (χ0) is 39.8. The van der Waals surface area contributed by atoms with Crippen LogP contribution in [0.15, 0.2) is 200 Å². The number of anilines is 6. The second kappa shape index (κ2) is 15.3. The van der Waals surface area contributed by atoms with Gasteiger partial charge in [-0.25, -0.2) is 0 Å². The Hall–Kier alpha value is -6.68. The lowest BCUT2D eigenvalue weighted by atomic mass is 9.84. The summed E-state index contributed by atoms with van der Waals surface area (Å²) in [5, 5.41) is 6.45. The van der Waals surface area contributed by atoms with E-state index < -0.39 is 8.07 Å². The van der Waals surface area contributed by atoms with Crippen molar-refractivity contribution in [2.75, 3.05) is 9.80 Å². The summed E-state index contributed by atoms with van der Waals surface area (Å²) in [5.41, 5.74) is 14.2. The number of benzene rings is 9. The van der Waals surface area contributed by atoms with Crippen molar-refractivity contribution in [3.05, 3.63) is 211 Å². The van der Waals surface area contributed by atoms with Crippen molar-refractivity contribution in [1.82, 2.24) is 0 Å². The molecule has 3 heteroatoms. The molecule has 9 aromatic rings. The highest BCUT2D eigenvalue weighted by atomic mass is 28.3. The van der Waals surface area contributed by atoms with Crippen LogP contribution in [0.4, 0.5) is 34.1 Å². The van der Waals surface area contributed by atoms with Crippen molar-refractivity contribution < 1.29 is 0 Å². The molecule has 9 aromatic carbocycles. The highest BCUT2D eigenvalue weighted by molar-refractivity contribution is 6.88. The number of fused-ring (bicyclic) bond motifs is 2. The lowest BCUT2D eigenvalue weighted by Gasteiger charge is -2.27. The van der Waals surface area contributed by atoms with E-state index in [2.05, 4.69) is 243 Å². The predicted octanol–water partition coefficient (Wildman–Crippen LogP) is 15.4. The van der Waals surface area contributed by atoms with E-state index in [0.29, 0.717) is 0 Å². The molecule has 0 saturated carbocycles. The molecule has 0 unspecified atom stereocenters. The van der Waals surface area contributed by atoms with Crippen LogP contribution < -0.4 is 15.0 Å². The third kappa shape index (κ3) is 7.10. The largest absolute Gasteiger partial charge is 0.310 e. The maximum Gasteiger partial charge on any atom is 0.0775 e. The highest BCUT2D eigenvalue weighted by Crippen LogP contribution is 2.47. The van der Waals surface area contributed by atoms with Gasteiger partial charge in [0.1, 0.15) is 0 Å². The van der Waals surface area contributed by atoms with Crippen molar-refractivity contribution in [3.8, 4) is 22.3 Å². The van der Waals surface area contributed by atoms with Crippen LogP contribution >= 0.6 is 0 Å². The SMILES string of the molecule is Cc1ccc2c(-c3cccc(N(c4ccccc4)c4ccc([Si](C)(C)C)cc4)c3)c3cc(C)ccc3c(-c3cccc(N(c4ccccc4)c4ccccc4)c3)c2c1. The monoisotopic (exact) mass is 764 g/mol. The first-order valence-corrected chi connectivity index (χ1v) is 23.8. The first-order chi connectivity index (χ1) is 28.2. The fourth-order valence-corrected chi connectivity index (χ4v) is 9.58. The average Bonchev–Trinajstić information content (AvgIpc) is 3.24. The molecule has 0 N–H and O–H groups in total. The Morgan fingerprint density at radius 3 is 1.05 bits per heavy atom. The van der Waals surface area contributed by atoms with Crippen molar-refractivity contribution in [1.29, 1.82) is 0 Å². The van der Waals surface area contributed by atoms with Crippen molar-refractivity contribution in [2.24, 2.45) is 0 Å². The zero-order valence-electron chi connectivity index (χ0n) is 33.9. The maximum absolute atomic E-state index is 2.41. The van der Waals surface area contributed by atoms with E-state index in [4.69, 9.17) is 0 Å². The summed E-state index contributed by atoms with van der Waals surface area (Å²) >= 11 is 0. The van der Waals surface area contributed by atoms with Crippen molar-refractivity contribution in [2.45, 2.75) is 33.5 Å². The first-order valence-electron chi connectivity index (χ1n) is 20.3. The number of rotatable bonds is 9. The van der Waals surface area contributed by atoms with Gasteiger partial charge >= 0.3 is 0 Å². The number of hydrogen-bond acceptors (Lipinski definition) is 2. The van der Waals surface area contributed by atoms with Gasteiger partial charge in [-0.05, 0) is 130 Å². The number of nitrogens with zero attached hydrogens (tertiary/aromatic N) is 2. The Labute approximate surface area is 344 Å². The number of para-hydroxylation sites is 3. The van der Waals surface area contributed by atoms with Gasteiger partial charge in [0.15, 0.2) is 0 Å². The number of aryl methyl sites for hydroxylation is 2. The Morgan fingerprint density at radius 2 is 0.672 bits per heavy atom. The molecule has 0 atom stereocenters. The van der Waals surface area contributed by atoms with Crippen molar-refractivity contribution in [3.63, 3.8) is 0 Å². The summed E-state index contributed by atoms with van der Waals surface area (Å²) in [7, 11) is -1.45. The molecule has 0 aliphatic rings.